The quantitative estimate of drug-likeness (QED) is 0.623. The topological polar surface area (TPSA) is 71.1 Å². The number of nitriles is 2. The zero-order chi connectivity index (χ0) is 19.2. The third-order valence-corrected chi connectivity index (χ3v) is 4.46. The first-order valence-electron chi connectivity index (χ1n) is 8.53. The molecule has 3 rings (SSSR count). The van der Waals surface area contributed by atoms with E-state index in [1.807, 2.05) is 17.0 Å². The summed E-state index contributed by atoms with van der Waals surface area (Å²) in [6.45, 7) is 1.84. The maximum atomic E-state index is 13.9. The second-order valence-corrected chi connectivity index (χ2v) is 6.13. The number of hydrogen-bond donors (Lipinski definition) is 0. The molecule has 0 saturated carbocycles. The molecule has 134 valence electrons. The van der Waals surface area contributed by atoms with Gasteiger partial charge < -0.3 is 9.80 Å². The average Bonchev–Trinajstić information content (AvgIpc) is 2.72. The van der Waals surface area contributed by atoms with Crippen LogP contribution in [0.3, 0.4) is 0 Å². The number of halogens is 1. The number of para-hydroxylation sites is 1. The number of amides is 1. The van der Waals surface area contributed by atoms with Crippen LogP contribution >= 0.6 is 0 Å². The summed E-state index contributed by atoms with van der Waals surface area (Å²) >= 11 is 0. The molecular formula is C21H17FN4O. The van der Waals surface area contributed by atoms with Gasteiger partial charge in [0.1, 0.15) is 17.5 Å². The Bertz CT molecular complexity index is 945. The van der Waals surface area contributed by atoms with Crippen molar-refractivity contribution in [2.75, 3.05) is 31.1 Å². The minimum atomic E-state index is -0.338. The Morgan fingerprint density at radius 1 is 1.00 bits per heavy atom. The van der Waals surface area contributed by atoms with Gasteiger partial charge in [-0.2, -0.15) is 10.5 Å². The summed E-state index contributed by atoms with van der Waals surface area (Å²) in [7, 11) is 0. The third-order valence-electron chi connectivity index (χ3n) is 4.46. The Balaban J connectivity index is 1.68. The monoisotopic (exact) mass is 360 g/mol. The number of carbonyl (C=O) groups excluding carboxylic acids is 1. The molecule has 1 heterocycles. The van der Waals surface area contributed by atoms with Crippen molar-refractivity contribution in [1.29, 1.82) is 10.5 Å². The van der Waals surface area contributed by atoms with Gasteiger partial charge in [0.05, 0.1) is 17.3 Å². The lowest BCUT2D eigenvalue weighted by molar-refractivity contribution is -0.126. The molecule has 1 fully saturated rings. The lowest BCUT2D eigenvalue weighted by atomic mass is 10.1. The Labute approximate surface area is 157 Å². The van der Waals surface area contributed by atoms with Gasteiger partial charge in [-0.3, -0.25) is 4.79 Å². The van der Waals surface area contributed by atoms with Crippen LogP contribution in [0.1, 0.15) is 11.1 Å². The van der Waals surface area contributed by atoms with Crippen molar-refractivity contribution in [2.45, 2.75) is 0 Å². The Hall–Kier alpha value is -3.64. The first-order valence-corrected chi connectivity index (χ1v) is 8.53. The van der Waals surface area contributed by atoms with Crippen molar-refractivity contribution in [3.63, 3.8) is 0 Å². The van der Waals surface area contributed by atoms with Crippen molar-refractivity contribution in [3.8, 4) is 12.1 Å². The highest BCUT2D eigenvalue weighted by molar-refractivity contribution is 6.01. The second-order valence-electron chi connectivity index (χ2n) is 6.13. The van der Waals surface area contributed by atoms with Crippen LogP contribution in [0.25, 0.3) is 6.08 Å². The molecule has 2 aromatic carbocycles. The Kier molecular flexibility index (Phi) is 5.49. The molecule has 1 saturated heterocycles. The highest BCUT2D eigenvalue weighted by Gasteiger charge is 2.24. The average molecular weight is 360 g/mol. The number of rotatable bonds is 3. The summed E-state index contributed by atoms with van der Waals surface area (Å²) in [4.78, 5) is 16.2. The maximum absolute atomic E-state index is 13.9. The van der Waals surface area contributed by atoms with Crippen LogP contribution in [-0.4, -0.2) is 37.0 Å². The van der Waals surface area contributed by atoms with Crippen LogP contribution in [0.4, 0.5) is 10.1 Å². The third kappa shape index (κ3) is 4.13. The predicted octanol–water partition coefficient (Wildman–Crippen LogP) is 2.95. The van der Waals surface area contributed by atoms with Crippen LogP contribution in [0, 0.1) is 28.5 Å². The fourth-order valence-electron chi connectivity index (χ4n) is 2.99. The summed E-state index contributed by atoms with van der Waals surface area (Å²) in [5.41, 5.74) is 1.77. The first-order chi connectivity index (χ1) is 13.1. The van der Waals surface area contributed by atoms with E-state index in [0.717, 1.165) is 0 Å². The van der Waals surface area contributed by atoms with Crippen LogP contribution < -0.4 is 4.90 Å². The number of piperazine rings is 1. The minimum Gasteiger partial charge on any atom is -0.366 e. The van der Waals surface area contributed by atoms with Gasteiger partial charge in [-0.1, -0.05) is 24.3 Å². The van der Waals surface area contributed by atoms with Gasteiger partial charge in [0, 0.05) is 26.2 Å². The van der Waals surface area contributed by atoms with Crippen molar-refractivity contribution in [2.24, 2.45) is 0 Å². The lowest BCUT2D eigenvalue weighted by Crippen LogP contribution is -2.49. The molecule has 0 spiro atoms. The van der Waals surface area contributed by atoms with Gasteiger partial charge in [0.15, 0.2) is 0 Å². The van der Waals surface area contributed by atoms with Crippen LogP contribution in [-0.2, 0) is 4.79 Å². The number of anilines is 1. The van der Waals surface area contributed by atoms with E-state index in [2.05, 4.69) is 0 Å². The highest BCUT2D eigenvalue weighted by atomic mass is 19.1. The summed E-state index contributed by atoms with van der Waals surface area (Å²) in [6.07, 6.45) is 1.52. The fraction of sp³-hybridized carbons (Fsp3) is 0.190. The standard InChI is InChI=1S/C21H17FN4O/c22-19-3-1-2-4-20(19)25-9-11-26(12-10-25)21(27)18(15-24)13-16-5-7-17(14-23)8-6-16/h1-8,13H,9-12H2/b18-13+. The Morgan fingerprint density at radius 3 is 2.26 bits per heavy atom. The number of benzene rings is 2. The van der Waals surface area contributed by atoms with E-state index in [1.54, 1.807) is 47.4 Å². The van der Waals surface area contributed by atoms with Crippen LogP contribution in [0.5, 0.6) is 0 Å². The molecule has 1 amide bonds. The van der Waals surface area contributed by atoms with E-state index >= 15 is 0 Å². The van der Waals surface area contributed by atoms with E-state index in [4.69, 9.17) is 5.26 Å². The smallest absolute Gasteiger partial charge is 0.264 e. The van der Waals surface area contributed by atoms with Crippen molar-refractivity contribution in [3.05, 3.63) is 71.0 Å². The zero-order valence-electron chi connectivity index (χ0n) is 14.6. The molecule has 0 atom stereocenters. The summed E-state index contributed by atoms with van der Waals surface area (Å²) in [5, 5.41) is 18.2. The first kappa shape index (κ1) is 18.2. The van der Waals surface area contributed by atoms with Gasteiger partial charge in [0.2, 0.25) is 0 Å². The number of nitrogens with zero attached hydrogens (tertiary/aromatic N) is 4. The molecule has 0 unspecified atom stereocenters. The predicted molar refractivity (Wildman–Crippen MR) is 99.9 cm³/mol. The highest BCUT2D eigenvalue weighted by Crippen LogP contribution is 2.21. The second kappa shape index (κ2) is 8.16. The molecule has 0 N–H and O–H groups in total. The maximum Gasteiger partial charge on any atom is 0.264 e. The van der Waals surface area contributed by atoms with Crippen LogP contribution in [0.2, 0.25) is 0 Å². The van der Waals surface area contributed by atoms with E-state index in [9.17, 15) is 14.4 Å². The molecule has 0 bridgehead atoms. The normalized spacial score (nSPS) is 14.4. The zero-order valence-corrected chi connectivity index (χ0v) is 14.6. The van der Waals surface area contributed by atoms with Crippen molar-refractivity contribution < 1.29 is 9.18 Å². The number of hydrogen-bond acceptors (Lipinski definition) is 4. The van der Waals surface area contributed by atoms with Gasteiger partial charge in [-0.25, -0.2) is 4.39 Å². The van der Waals surface area contributed by atoms with Crippen LogP contribution in [0.15, 0.2) is 54.1 Å². The minimum absolute atomic E-state index is 0.0408. The lowest BCUT2D eigenvalue weighted by Gasteiger charge is -2.36. The summed E-state index contributed by atoms with van der Waals surface area (Å²) in [5.74, 6) is -0.620. The number of carbonyl (C=O) groups is 1. The molecule has 1 aliphatic heterocycles. The summed E-state index contributed by atoms with van der Waals surface area (Å²) < 4.78 is 13.9. The van der Waals surface area contributed by atoms with E-state index in [0.29, 0.717) is 43.0 Å². The van der Waals surface area contributed by atoms with E-state index in [-0.39, 0.29) is 17.3 Å². The fourth-order valence-corrected chi connectivity index (χ4v) is 2.99. The van der Waals surface area contributed by atoms with Gasteiger partial charge >= 0.3 is 0 Å². The Morgan fingerprint density at radius 2 is 1.67 bits per heavy atom. The van der Waals surface area contributed by atoms with Crippen molar-refractivity contribution in [1.82, 2.24) is 4.90 Å². The molecule has 27 heavy (non-hydrogen) atoms. The van der Waals surface area contributed by atoms with Gasteiger partial charge in [0.25, 0.3) is 5.91 Å². The molecule has 5 nitrogen and oxygen atoms in total. The molecule has 0 aromatic heterocycles. The van der Waals surface area contributed by atoms with Gasteiger partial charge in [-0.15, -0.1) is 0 Å². The molecule has 6 heteroatoms. The largest absolute Gasteiger partial charge is 0.366 e. The summed E-state index contributed by atoms with van der Waals surface area (Å²) in [6, 6.07) is 17.2. The molecule has 2 aromatic rings. The molecule has 0 aliphatic carbocycles. The molecular weight excluding hydrogens is 343 g/mol. The van der Waals surface area contributed by atoms with E-state index < -0.39 is 0 Å². The van der Waals surface area contributed by atoms with Gasteiger partial charge in [-0.05, 0) is 35.9 Å². The molecule has 1 aliphatic rings. The van der Waals surface area contributed by atoms with E-state index in [1.165, 1.54) is 12.1 Å². The SMILES string of the molecule is N#C/C(=C\c1ccc(C#N)cc1)C(=O)N1CCN(c2ccccc2F)CC1. The van der Waals surface area contributed by atoms with Crippen molar-refractivity contribution >= 4 is 17.7 Å². The molecule has 0 radical (unpaired) electrons.